The number of fused-ring (bicyclic) bond motifs is 1. The Balaban J connectivity index is 0.00000200. The fourth-order valence-corrected chi connectivity index (χ4v) is 2.06. The number of amides is 1. The molecule has 1 aromatic rings. The molecule has 6 heteroatoms. The van der Waals surface area contributed by atoms with Gasteiger partial charge in [-0.3, -0.25) is 20.2 Å². The normalized spacial score (nSPS) is 17.7. The number of carbonyl (C=O) groups is 1. The van der Waals surface area contributed by atoms with Gasteiger partial charge in [0.15, 0.2) is 0 Å². The SMILES string of the molecule is CC(=O)NN1C([O-])=c2ccccc2=NC1C(C)(C)C.[Li+]. The summed E-state index contributed by atoms with van der Waals surface area (Å²) < 4.78 is 0. The molecule has 0 saturated carbocycles. The Morgan fingerprint density at radius 3 is 2.50 bits per heavy atom. The molecule has 0 saturated heterocycles. The van der Waals surface area contributed by atoms with Gasteiger partial charge in [0.05, 0.1) is 5.36 Å². The van der Waals surface area contributed by atoms with Gasteiger partial charge in [-0.15, -0.1) is 0 Å². The van der Waals surface area contributed by atoms with Crippen LogP contribution < -0.4 is 40.0 Å². The number of benzene rings is 1. The zero-order valence-corrected chi connectivity index (χ0v) is 12.6. The van der Waals surface area contributed by atoms with E-state index < -0.39 is 6.17 Å². The molecule has 0 aliphatic carbocycles. The average molecular weight is 267 g/mol. The van der Waals surface area contributed by atoms with E-state index in [1.807, 2.05) is 32.9 Å². The molecule has 1 N–H and O–H groups in total. The van der Waals surface area contributed by atoms with Crippen LogP contribution in [0.2, 0.25) is 0 Å². The predicted molar refractivity (Wildman–Crippen MR) is 69.5 cm³/mol. The molecule has 5 nitrogen and oxygen atoms in total. The van der Waals surface area contributed by atoms with Gasteiger partial charge in [-0.1, -0.05) is 39.0 Å². The summed E-state index contributed by atoms with van der Waals surface area (Å²) in [5.74, 6) is -0.502. The Hall–Kier alpha value is -1.44. The number of hydrogen-bond donors (Lipinski definition) is 1. The van der Waals surface area contributed by atoms with Crippen LogP contribution in [-0.2, 0) is 4.79 Å². The average Bonchev–Trinajstić information content (AvgIpc) is 2.31. The number of hydrazine groups is 1. The van der Waals surface area contributed by atoms with Crippen LogP contribution in [0.5, 0.6) is 0 Å². The molecular formula is C14H18LiN3O2. The van der Waals surface area contributed by atoms with Crippen LogP contribution in [0.3, 0.4) is 0 Å². The van der Waals surface area contributed by atoms with Crippen molar-refractivity contribution in [1.82, 2.24) is 10.4 Å². The zero-order valence-electron chi connectivity index (χ0n) is 12.6. The summed E-state index contributed by atoms with van der Waals surface area (Å²) in [4.78, 5) is 15.9. The largest absolute Gasteiger partial charge is 1.00 e. The van der Waals surface area contributed by atoms with E-state index in [1.165, 1.54) is 11.9 Å². The summed E-state index contributed by atoms with van der Waals surface area (Å²) in [6.07, 6.45) is -0.418. The quantitative estimate of drug-likeness (QED) is 0.536. The van der Waals surface area contributed by atoms with E-state index in [0.717, 1.165) is 0 Å². The maximum Gasteiger partial charge on any atom is 1.00 e. The summed E-state index contributed by atoms with van der Waals surface area (Å²) in [6, 6.07) is 7.17. The van der Waals surface area contributed by atoms with Crippen LogP contribution >= 0.6 is 0 Å². The molecule has 1 aliphatic rings. The van der Waals surface area contributed by atoms with Gasteiger partial charge in [0, 0.05) is 17.6 Å². The van der Waals surface area contributed by atoms with Crippen molar-refractivity contribution in [3.8, 4) is 0 Å². The molecule has 20 heavy (non-hydrogen) atoms. The molecule has 1 amide bonds. The van der Waals surface area contributed by atoms with Crippen LogP contribution in [0.1, 0.15) is 27.7 Å². The van der Waals surface area contributed by atoms with E-state index in [1.54, 1.807) is 12.1 Å². The molecule has 0 fully saturated rings. The summed E-state index contributed by atoms with van der Waals surface area (Å²) in [5.41, 5.74) is 2.31. The molecule has 0 aromatic heterocycles. The summed E-state index contributed by atoms with van der Waals surface area (Å²) in [7, 11) is 0. The molecule has 1 unspecified atom stereocenters. The molecule has 1 aromatic carbocycles. The Morgan fingerprint density at radius 1 is 1.35 bits per heavy atom. The Bertz CT molecular complexity index is 622. The first-order valence-electron chi connectivity index (χ1n) is 6.21. The molecule has 0 bridgehead atoms. The van der Waals surface area contributed by atoms with Crippen molar-refractivity contribution in [2.24, 2.45) is 10.4 Å². The van der Waals surface area contributed by atoms with Crippen LogP contribution in [0, 0.1) is 5.41 Å². The fourth-order valence-electron chi connectivity index (χ4n) is 2.06. The Labute approximate surface area is 130 Å². The van der Waals surface area contributed by atoms with Gasteiger partial charge < -0.3 is 5.11 Å². The minimum absolute atomic E-state index is 0. The maximum atomic E-state index is 12.5. The number of hydrogen-bond acceptors (Lipinski definition) is 4. The van der Waals surface area contributed by atoms with Crippen molar-refractivity contribution in [2.45, 2.75) is 33.9 Å². The van der Waals surface area contributed by atoms with Crippen molar-refractivity contribution in [3.05, 3.63) is 34.8 Å². The van der Waals surface area contributed by atoms with Crippen LogP contribution in [-0.4, -0.2) is 17.1 Å². The molecular weight excluding hydrogens is 249 g/mol. The van der Waals surface area contributed by atoms with Gasteiger partial charge in [-0.05, 0) is 11.9 Å². The molecule has 1 heterocycles. The second-order valence-corrected chi connectivity index (χ2v) is 5.73. The van der Waals surface area contributed by atoms with Crippen LogP contribution in [0.25, 0.3) is 5.88 Å². The summed E-state index contributed by atoms with van der Waals surface area (Å²) in [6.45, 7) is 7.33. The third-order valence-corrected chi connectivity index (χ3v) is 2.91. The molecule has 0 radical (unpaired) electrons. The maximum absolute atomic E-state index is 12.5. The van der Waals surface area contributed by atoms with Crippen LogP contribution in [0.4, 0.5) is 0 Å². The molecule has 1 aliphatic heterocycles. The fraction of sp³-hybridized carbons (Fsp3) is 0.429. The second-order valence-electron chi connectivity index (χ2n) is 5.73. The third-order valence-electron chi connectivity index (χ3n) is 2.91. The number of nitrogens with one attached hydrogen (secondary N) is 1. The first-order chi connectivity index (χ1) is 8.80. The van der Waals surface area contributed by atoms with E-state index in [4.69, 9.17) is 0 Å². The minimum atomic E-state index is -0.418. The van der Waals surface area contributed by atoms with Gasteiger partial charge in [0.2, 0.25) is 5.91 Å². The van der Waals surface area contributed by atoms with E-state index in [9.17, 15) is 9.90 Å². The third kappa shape index (κ3) is 3.17. The number of carbonyl (C=O) groups excluding carboxylic acids is 1. The van der Waals surface area contributed by atoms with Gasteiger partial charge >= 0.3 is 18.9 Å². The van der Waals surface area contributed by atoms with Crippen molar-refractivity contribution < 1.29 is 28.8 Å². The minimum Gasteiger partial charge on any atom is -0.858 e. The van der Waals surface area contributed by atoms with E-state index in [2.05, 4.69) is 10.4 Å². The molecule has 2 rings (SSSR count). The van der Waals surface area contributed by atoms with Crippen molar-refractivity contribution >= 4 is 11.8 Å². The molecule has 1 atom stereocenters. The van der Waals surface area contributed by atoms with Gasteiger partial charge in [-0.25, -0.2) is 0 Å². The first kappa shape index (κ1) is 16.6. The smallest absolute Gasteiger partial charge is 0.858 e. The number of para-hydroxylation sites is 1. The summed E-state index contributed by atoms with van der Waals surface area (Å²) in [5, 5.41) is 15.0. The van der Waals surface area contributed by atoms with Gasteiger partial charge in [-0.2, -0.15) is 0 Å². The van der Waals surface area contributed by atoms with E-state index in [-0.39, 0.29) is 36.1 Å². The number of nitrogens with zero attached hydrogens (tertiary/aromatic N) is 2. The van der Waals surface area contributed by atoms with Crippen molar-refractivity contribution in [2.75, 3.05) is 0 Å². The monoisotopic (exact) mass is 267 g/mol. The van der Waals surface area contributed by atoms with Gasteiger partial charge in [0.1, 0.15) is 6.17 Å². The Morgan fingerprint density at radius 2 is 1.95 bits per heavy atom. The molecule has 102 valence electrons. The predicted octanol–water partition coefficient (Wildman–Crippen LogP) is -3.52. The van der Waals surface area contributed by atoms with Crippen molar-refractivity contribution in [3.63, 3.8) is 0 Å². The van der Waals surface area contributed by atoms with E-state index in [0.29, 0.717) is 10.6 Å². The second kappa shape index (κ2) is 5.90. The number of rotatable bonds is 1. The summed E-state index contributed by atoms with van der Waals surface area (Å²) >= 11 is 0. The zero-order chi connectivity index (χ0) is 14.2. The van der Waals surface area contributed by atoms with Gasteiger partial charge in [0.25, 0.3) is 0 Å². The molecule has 0 spiro atoms. The van der Waals surface area contributed by atoms with Crippen LogP contribution in [0.15, 0.2) is 29.3 Å². The Kier molecular flexibility index (Phi) is 4.90. The van der Waals surface area contributed by atoms with Crippen molar-refractivity contribution in [1.29, 1.82) is 0 Å². The van der Waals surface area contributed by atoms with E-state index >= 15 is 0 Å². The first-order valence-corrected chi connectivity index (χ1v) is 6.21. The topological polar surface area (TPSA) is 67.8 Å². The standard InChI is InChI=1S/C14H19N3O2.Li/c1-9(18)16-17-12(19)10-7-5-6-8-11(10)15-13(17)14(2,3)4;/h5-8,13,19H,1-4H3,(H,16,18);/q;+1/p-1.